The minimum atomic E-state index is -0.687. The highest BCUT2D eigenvalue weighted by atomic mass is 16.7. The minimum absolute atomic E-state index is 0.0380. The van der Waals surface area contributed by atoms with Gasteiger partial charge in [0, 0.05) is 19.4 Å². The van der Waals surface area contributed by atoms with Gasteiger partial charge >= 0.3 is 5.97 Å². The summed E-state index contributed by atoms with van der Waals surface area (Å²) in [6.45, 7) is 12.3. The molecule has 2 rings (SSSR count). The third kappa shape index (κ3) is 2.42. The van der Waals surface area contributed by atoms with Crippen LogP contribution in [0.1, 0.15) is 33.1 Å². The molecule has 2 saturated heterocycles. The molecule has 0 radical (unpaired) electrons. The van der Waals surface area contributed by atoms with E-state index in [1.165, 1.54) is 0 Å². The van der Waals surface area contributed by atoms with Crippen molar-refractivity contribution in [1.82, 2.24) is 0 Å². The second kappa shape index (κ2) is 5.70. The lowest BCUT2D eigenvalue weighted by atomic mass is 9.72. The Bertz CT molecular complexity index is 428. The summed E-state index contributed by atoms with van der Waals surface area (Å²) < 4.78 is 16.7. The second-order valence-electron chi connectivity index (χ2n) is 6.11. The van der Waals surface area contributed by atoms with Crippen molar-refractivity contribution in [2.75, 3.05) is 13.7 Å². The number of allylic oxidation sites excluding steroid dienone is 1. The van der Waals surface area contributed by atoms with Crippen molar-refractivity contribution in [3.8, 4) is 0 Å². The molecule has 112 valence electrons. The highest BCUT2D eigenvalue weighted by molar-refractivity contribution is 5.81. The van der Waals surface area contributed by atoms with Crippen LogP contribution in [0.4, 0.5) is 0 Å². The van der Waals surface area contributed by atoms with E-state index in [9.17, 15) is 4.79 Å². The highest BCUT2D eigenvalue weighted by Gasteiger charge is 2.65. The Balaban J connectivity index is 2.27. The Hall–Kier alpha value is -1.13. The zero-order valence-corrected chi connectivity index (χ0v) is 12.6. The number of carbonyl (C=O) groups is 1. The molecule has 2 fully saturated rings. The molecule has 2 aliphatic heterocycles. The van der Waals surface area contributed by atoms with Gasteiger partial charge in [-0.1, -0.05) is 11.1 Å². The van der Waals surface area contributed by atoms with Gasteiger partial charge in [0.25, 0.3) is 0 Å². The molecule has 2 aliphatic rings. The van der Waals surface area contributed by atoms with Crippen LogP contribution in [-0.2, 0) is 19.0 Å². The van der Waals surface area contributed by atoms with Crippen LogP contribution in [0.25, 0.3) is 0 Å². The SMILES string of the molecule is C=C(C)CC[C@]12C(=O)O[C@H](CC(=C)C)[C@H]1CO[C@H]2OC. The van der Waals surface area contributed by atoms with Crippen LogP contribution in [0.5, 0.6) is 0 Å². The van der Waals surface area contributed by atoms with Crippen molar-refractivity contribution in [1.29, 1.82) is 0 Å². The minimum Gasteiger partial charge on any atom is -0.461 e. The Morgan fingerprint density at radius 1 is 1.40 bits per heavy atom. The number of carbonyl (C=O) groups excluding carboxylic acids is 1. The van der Waals surface area contributed by atoms with Gasteiger partial charge in [0.05, 0.1) is 6.61 Å². The third-order valence-corrected chi connectivity index (χ3v) is 4.33. The molecule has 20 heavy (non-hydrogen) atoms. The van der Waals surface area contributed by atoms with Crippen LogP contribution in [-0.4, -0.2) is 32.1 Å². The molecular weight excluding hydrogens is 256 g/mol. The highest BCUT2D eigenvalue weighted by Crippen LogP contribution is 2.53. The van der Waals surface area contributed by atoms with Crippen LogP contribution in [0.15, 0.2) is 24.3 Å². The molecule has 0 unspecified atom stereocenters. The average molecular weight is 280 g/mol. The van der Waals surface area contributed by atoms with Gasteiger partial charge in [-0.15, -0.1) is 13.2 Å². The number of methoxy groups -OCH3 is 1. The first kappa shape index (κ1) is 15.3. The predicted octanol–water partition coefficient (Wildman–Crippen LogP) is 2.84. The van der Waals surface area contributed by atoms with E-state index in [-0.39, 0.29) is 18.0 Å². The van der Waals surface area contributed by atoms with E-state index in [1.807, 2.05) is 13.8 Å². The first-order valence-corrected chi connectivity index (χ1v) is 7.06. The summed E-state index contributed by atoms with van der Waals surface area (Å²) in [6, 6.07) is 0. The van der Waals surface area contributed by atoms with Gasteiger partial charge in [-0.05, 0) is 26.7 Å². The predicted molar refractivity (Wildman–Crippen MR) is 76.0 cm³/mol. The summed E-state index contributed by atoms with van der Waals surface area (Å²) in [7, 11) is 1.58. The summed E-state index contributed by atoms with van der Waals surface area (Å²) in [5, 5.41) is 0. The summed E-state index contributed by atoms with van der Waals surface area (Å²) in [4.78, 5) is 12.5. The van der Waals surface area contributed by atoms with Crippen molar-refractivity contribution in [3.63, 3.8) is 0 Å². The van der Waals surface area contributed by atoms with E-state index in [0.29, 0.717) is 19.4 Å². The van der Waals surface area contributed by atoms with Crippen molar-refractivity contribution < 1.29 is 19.0 Å². The van der Waals surface area contributed by atoms with Gasteiger partial charge in [0.2, 0.25) is 0 Å². The molecule has 0 saturated carbocycles. The molecule has 0 amide bonds. The molecule has 0 aromatic carbocycles. The zero-order chi connectivity index (χ0) is 14.9. The lowest BCUT2D eigenvalue weighted by Crippen LogP contribution is -2.41. The van der Waals surface area contributed by atoms with E-state index >= 15 is 0 Å². The number of esters is 1. The fourth-order valence-electron chi connectivity index (χ4n) is 3.31. The number of fused-ring (bicyclic) bond motifs is 1. The second-order valence-corrected chi connectivity index (χ2v) is 6.11. The van der Waals surface area contributed by atoms with Gasteiger partial charge in [-0.25, -0.2) is 0 Å². The van der Waals surface area contributed by atoms with E-state index in [2.05, 4.69) is 13.2 Å². The monoisotopic (exact) mass is 280 g/mol. The van der Waals surface area contributed by atoms with Crippen molar-refractivity contribution >= 4 is 5.97 Å². The largest absolute Gasteiger partial charge is 0.461 e. The quantitative estimate of drug-likeness (QED) is 0.554. The molecule has 0 N–H and O–H groups in total. The summed E-state index contributed by atoms with van der Waals surface area (Å²) in [5.74, 6) is -0.157. The maximum Gasteiger partial charge on any atom is 0.318 e. The summed E-state index contributed by atoms with van der Waals surface area (Å²) >= 11 is 0. The third-order valence-electron chi connectivity index (χ3n) is 4.33. The van der Waals surface area contributed by atoms with Crippen LogP contribution in [0, 0.1) is 11.3 Å². The lowest BCUT2D eigenvalue weighted by Gasteiger charge is -2.29. The first-order valence-electron chi connectivity index (χ1n) is 7.06. The molecule has 0 aliphatic carbocycles. The number of cyclic esters (lactones) is 1. The van der Waals surface area contributed by atoms with Gasteiger partial charge in [-0.3, -0.25) is 4.79 Å². The van der Waals surface area contributed by atoms with Gasteiger partial charge < -0.3 is 14.2 Å². The smallest absolute Gasteiger partial charge is 0.318 e. The lowest BCUT2D eigenvalue weighted by molar-refractivity contribution is -0.178. The number of ether oxygens (including phenoxy) is 3. The maximum atomic E-state index is 12.5. The van der Waals surface area contributed by atoms with E-state index in [4.69, 9.17) is 14.2 Å². The Kier molecular flexibility index (Phi) is 4.35. The molecule has 4 nitrogen and oxygen atoms in total. The van der Waals surface area contributed by atoms with E-state index < -0.39 is 11.7 Å². The first-order chi connectivity index (χ1) is 9.41. The maximum absolute atomic E-state index is 12.5. The fraction of sp³-hybridized carbons (Fsp3) is 0.688. The molecule has 0 spiro atoms. The Morgan fingerprint density at radius 2 is 2.10 bits per heavy atom. The van der Waals surface area contributed by atoms with E-state index in [1.54, 1.807) is 7.11 Å². The van der Waals surface area contributed by atoms with Crippen LogP contribution in [0.2, 0.25) is 0 Å². The van der Waals surface area contributed by atoms with Gasteiger partial charge in [0.1, 0.15) is 11.5 Å². The Labute approximate surface area is 120 Å². The molecule has 0 aromatic rings. The molecule has 4 heteroatoms. The van der Waals surface area contributed by atoms with Crippen LogP contribution >= 0.6 is 0 Å². The zero-order valence-electron chi connectivity index (χ0n) is 12.6. The van der Waals surface area contributed by atoms with Crippen molar-refractivity contribution in [2.24, 2.45) is 11.3 Å². The van der Waals surface area contributed by atoms with E-state index in [0.717, 1.165) is 17.6 Å². The average Bonchev–Trinajstić information content (AvgIpc) is 2.84. The number of rotatable bonds is 6. The molecule has 2 heterocycles. The van der Waals surface area contributed by atoms with Crippen molar-refractivity contribution in [3.05, 3.63) is 24.3 Å². The Morgan fingerprint density at radius 3 is 2.65 bits per heavy atom. The fourth-order valence-corrected chi connectivity index (χ4v) is 3.31. The topological polar surface area (TPSA) is 44.8 Å². The number of hydrogen-bond acceptors (Lipinski definition) is 4. The molecule has 0 bridgehead atoms. The van der Waals surface area contributed by atoms with Gasteiger partial charge in [-0.2, -0.15) is 0 Å². The molecular formula is C16H24O4. The molecule has 4 atom stereocenters. The summed E-state index contributed by atoms with van der Waals surface area (Å²) in [5.41, 5.74) is 1.38. The van der Waals surface area contributed by atoms with Crippen molar-refractivity contribution in [2.45, 2.75) is 45.5 Å². The van der Waals surface area contributed by atoms with Gasteiger partial charge in [0.15, 0.2) is 6.29 Å². The normalized spacial score (nSPS) is 35.8. The standard InChI is InChI=1S/C16H24O4/c1-10(2)6-7-16-12(9-19-15(16)18-5)13(8-11(3)4)20-14(16)17/h12-13,15H,1,3,6-9H2,2,4-5H3/t12-,13-,15-,16-/m1/s1. The van der Waals surface area contributed by atoms with Crippen LogP contribution < -0.4 is 0 Å². The molecule has 0 aromatic heterocycles. The van der Waals surface area contributed by atoms with Crippen LogP contribution in [0.3, 0.4) is 0 Å². The summed E-state index contributed by atoms with van der Waals surface area (Å²) in [6.07, 6.45) is 1.45. The number of hydrogen-bond donors (Lipinski definition) is 0.